The van der Waals surface area contributed by atoms with Crippen molar-refractivity contribution in [2.45, 2.75) is 49.4 Å². The van der Waals surface area contributed by atoms with E-state index in [9.17, 15) is 15.3 Å². The third kappa shape index (κ3) is 5.30. The van der Waals surface area contributed by atoms with E-state index in [1.165, 1.54) is 11.8 Å². The number of benzene rings is 1. The number of pyridine rings is 1. The minimum Gasteiger partial charge on any atom is -0.368 e. The minimum atomic E-state index is -0.680. The van der Waals surface area contributed by atoms with E-state index in [1.54, 1.807) is 0 Å². The summed E-state index contributed by atoms with van der Waals surface area (Å²) in [6, 6.07) is 14.3. The third-order valence-corrected chi connectivity index (χ3v) is 7.56. The number of anilines is 1. The molecule has 1 amide bonds. The lowest BCUT2D eigenvalue weighted by Gasteiger charge is -2.37. The number of thioether (sulfide) groups is 1. The summed E-state index contributed by atoms with van der Waals surface area (Å²) in [5.41, 5.74) is 7.98. The van der Waals surface area contributed by atoms with Crippen molar-refractivity contribution in [2.75, 3.05) is 31.6 Å². The maximum Gasteiger partial charge on any atom is 0.235 e. The number of hydrogen-bond acceptors (Lipinski definition) is 7. The molecule has 1 saturated heterocycles. The Hall–Kier alpha value is -3.07. The lowest BCUT2D eigenvalue weighted by molar-refractivity contribution is -0.117. The first kappa shape index (κ1) is 24.6. The predicted molar refractivity (Wildman–Crippen MR) is 131 cm³/mol. The third-order valence-electron chi connectivity index (χ3n) is 6.30. The van der Waals surface area contributed by atoms with Gasteiger partial charge in [0.15, 0.2) is 0 Å². The van der Waals surface area contributed by atoms with Crippen LogP contribution >= 0.6 is 11.8 Å². The maximum absolute atomic E-state index is 12.3. The lowest BCUT2D eigenvalue weighted by Crippen LogP contribution is -2.44. The van der Waals surface area contributed by atoms with E-state index in [2.05, 4.69) is 35.9 Å². The molecule has 0 spiro atoms. The summed E-state index contributed by atoms with van der Waals surface area (Å²) in [4.78, 5) is 21.6. The zero-order valence-electron chi connectivity index (χ0n) is 19.4. The fraction of sp³-hybridized carbons (Fsp3) is 0.440. The Morgan fingerprint density at radius 3 is 2.36 bits per heavy atom. The molecule has 8 heteroatoms. The number of carbonyl (C=O) groups excluding carboxylic acids is 1. The first-order valence-corrected chi connectivity index (χ1v) is 12.2. The molecule has 2 aromatic rings. The van der Waals surface area contributed by atoms with Crippen LogP contribution in [0.2, 0.25) is 0 Å². The van der Waals surface area contributed by atoms with Crippen molar-refractivity contribution in [2.24, 2.45) is 5.73 Å². The molecule has 7 nitrogen and oxygen atoms in total. The zero-order chi connectivity index (χ0) is 24.0. The zero-order valence-corrected chi connectivity index (χ0v) is 20.2. The van der Waals surface area contributed by atoms with Gasteiger partial charge in [0.1, 0.15) is 28.2 Å². The highest BCUT2D eigenvalue weighted by molar-refractivity contribution is 8.00. The molecule has 1 aromatic heterocycles. The Balaban J connectivity index is 2.03. The van der Waals surface area contributed by atoms with Gasteiger partial charge in [-0.05, 0) is 44.0 Å². The topological polar surface area (TPSA) is 110 Å². The van der Waals surface area contributed by atoms with Crippen LogP contribution < -0.4 is 10.6 Å². The van der Waals surface area contributed by atoms with Gasteiger partial charge in [-0.15, -0.1) is 0 Å². The van der Waals surface area contributed by atoms with Crippen molar-refractivity contribution in [3.05, 3.63) is 52.6 Å². The summed E-state index contributed by atoms with van der Waals surface area (Å²) in [5.74, 6) is 0.106. The van der Waals surface area contributed by atoms with Gasteiger partial charge in [0.2, 0.25) is 5.91 Å². The van der Waals surface area contributed by atoms with Crippen LogP contribution in [0.1, 0.15) is 54.2 Å². The molecule has 3 rings (SSSR count). The van der Waals surface area contributed by atoms with Crippen LogP contribution in [0.4, 0.5) is 5.82 Å². The molecule has 1 aliphatic rings. The van der Waals surface area contributed by atoms with Crippen molar-refractivity contribution in [1.29, 1.82) is 10.5 Å². The van der Waals surface area contributed by atoms with E-state index in [4.69, 9.17) is 10.7 Å². The average Bonchev–Trinajstić information content (AvgIpc) is 2.86. The molecule has 0 radical (unpaired) electrons. The molecule has 33 heavy (non-hydrogen) atoms. The van der Waals surface area contributed by atoms with Gasteiger partial charge in [-0.25, -0.2) is 4.98 Å². The van der Waals surface area contributed by atoms with E-state index in [0.29, 0.717) is 40.0 Å². The second-order valence-electron chi connectivity index (χ2n) is 8.15. The normalized spacial score (nSPS) is 15.2. The van der Waals surface area contributed by atoms with E-state index >= 15 is 0 Å². The van der Waals surface area contributed by atoms with Gasteiger partial charge in [0, 0.05) is 19.1 Å². The highest BCUT2D eigenvalue weighted by atomic mass is 32.2. The quantitative estimate of drug-likeness (QED) is 0.597. The smallest absolute Gasteiger partial charge is 0.235 e. The number of hydrogen-bond donors (Lipinski definition) is 1. The standard InChI is InChI=1S/C25H30N6OS/c1-4-19-20(15-26)24(31-13-11-18(12-14-31)30(3)5-2)29-25(21(19)16-27)33-22(23(28)32)17-9-7-6-8-10-17/h6-10,18,22H,4-5,11-14H2,1-3H3,(H2,28,32). The van der Waals surface area contributed by atoms with E-state index < -0.39 is 11.2 Å². The van der Waals surface area contributed by atoms with E-state index in [1.807, 2.05) is 37.3 Å². The molecule has 0 saturated carbocycles. The number of rotatable bonds is 8. The maximum atomic E-state index is 12.3. The molecule has 2 N–H and O–H groups in total. The molecule has 1 fully saturated rings. The number of nitrogens with zero attached hydrogens (tertiary/aromatic N) is 5. The van der Waals surface area contributed by atoms with Crippen molar-refractivity contribution >= 4 is 23.5 Å². The van der Waals surface area contributed by atoms with Crippen LogP contribution in [0.15, 0.2) is 35.4 Å². The lowest BCUT2D eigenvalue weighted by atomic mass is 9.99. The summed E-state index contributed by atoms with van der Waals surface area (Å²) in [5, 5.41) is 19.7. The van der Waals surface area contributed by atoms with E-state index in [0.717, 1.165) is 38.0 Å². The first-order chi connectivity index (χ1) is 15.9. The van der Waals surface area contributed by atoms with Gasteiger partial charge < -0.3 is 15.5 Å². The monoisotopic (exact) mass is 462 g/mol. The molecule has 1 atom stereocenters. The highest BCUT2D eigenvalue weighted by Crippen LogP contribution is 2.40. The highest BCUT2D eigenvalue weighted by Gasteiger charge is 2.29. The second-order valence-corrected chi connectivity index (χ2v) is 9.24. The Labute approximate surface area is 200 Å². The number of nitriles is 2. The minimum absolute atomic E-state index is 0.352. The van der Waals surface area contributed by atoms with Crippen LogP contribution in [0, 0.1) is 22.7 Å². The number of amides is 1. The van der Waals surface area contributed by atoms with Crippen LogP contribution in [0.5, 0.6) is 0 Å². The molecule has 2 heterocycles. The summed E-state index contributed by atoms with van der Waals surface area (Å²) in [7, 11) is 2.14. The molecule has 0 bridgehead atoms. The molecule has 0 aliphatic carbocycles. The Morgan fingerprint density at radius 2 is 1.85 bits per heavy atom. The van der Waals surface area contributed by atoms with Crippen LogP contribution in [0.25, 0.3) is 0 Å². The molecular formula is C25H30N6OS. The molecule has 1 aromatic carbocycles. The Morgan fingerprint density at radius 1 is 1.21 bits per heavy atom. The Kier molecular flexibility index (Phi) is 8.32. The average molecular weight is 463 g/mol. The number of nitrogens with two attached hydrogens (primary N) is 1. The molecule has 172 valence electrons. The summed E-state index contributed by atoms with van der Waals surface area (Å²) in [6.07, 6.45) is 2.49. The van der Waals surface area contributed by atoms with Gasteiger partial charge in [-0.3, -0.25) is 4.79 Å². The SMILES string of the molecule is CCc1c(C#N)c(SC(C(N)=O)c2ccccc2)nc(N2CCC(N(C)CC)CC2)c1C#N. The number of primary amides is 1. The molecular weight excluding hydrogens is 432 g/mol. The predicted octanol–water partition coefficient (Wildman–Crippen LogP) is 3.63. The summed E-state index contributed by atoms with van der Waals surface area (Å²) >= 11 is 1.18. The number of carbonyl (C=O) groups is 1. The van der Waals surface area contributed by atoms with Gasteiger partial charge in [0.25, 0.3) is 0 Å². The van der Waals surface area contributed by atoms with Crippen LogP contribution in [0.3, 0.4) is 0 Å². The number of piperidine rings is 1. The van der Waals surface area contributed by atoms with Crippen LogP contribution in [-0.2, 0) is 11.2 Å². The van der Waals surface area contributed by atoms with Crippen molar-refractivity contribution in [3.63, 3.8) is 0 Å². The second kappa shape index (κ2) is 11.2. The van der Waals surface area contributed by atoms with Crippen molar-refractivity contribution in [3.8, 4) is 12.1 Å². The first-order valence-electron chi connectivity index (χ1n) is 11.3. The largest absolute Gasteiger partial charge is 0.368 e. The van der Waals surface area contributed by atoms with Gasteiger partial charge in [-0.2, -0.15) is 10.5 Å². The van der Waals surface area contributed by atoms with Crippen molar-refractivity contribution < 1.29 is 4.79 Å². The van der Waals surface area contributed by atoms with Gasteiger partial charge >= 0.3 is 0 Å². The van der Waals surface area contributed by atoms with Gasteiger partial charge in [-0.1, -0.05) is 55.9 Å². The number of aromatic nitrogens is 1. The molecule has 1 aliphatic heterocycles. The Bertz CT molecular complexity index is 1070. The van der Waals surface area contributed by atoms with Crippen molar-refractivity contribution in [1.82, 2.24) is 9.88 Å². The van der Waals surface area contributed by atoms with E-state index in [-0.39, 0.29) is 0 Å². The molecule has 1 unspecified atom stereocenters. The fourth-order valence-electron chi connectivity index (χ4n) is 4.30. The van der Waals surface area contributed by atoms with Gasteiger partial charge in [0.05, 0.1) is 11.1 Å². The summed E-state index contributed by atoms with van der Waals surface area (Å²) < 4.78 is 0. The van der Waals surface area contributed by atoms with Crippen LogP contribution in [-0.4, -0.2) is 48.5 Å². The summed E-state index contributed by atoms with van der Waals surface area (Å²) in [6.45, 7) is 6.65. The fourth-order valence-corrected chi connectivity index (χ4v) is 5.36.